The Kier molecular flexibility index (Phi) is 4.20. The van der Waals surface area contributed by atoms with E-state index in [1.807, 2.05) is 25.1 Å². The molecule has 1 heterocycles. The number of likely N-dealkylation sites (tertiary alicyclic amines) is 1. The molecule has 4 nitrogen and oxygen atoms in total. The lowest BCUT2D eigenvalue weighted by atomic mass is 9.97. The van der Waals surface area contributed by atoms with Crippen LogP contribution in [-0.4, -0.2) is 35.0 Å². The fraction of sp³-hybridized carbons (Fsp3) is 0.467. The first-order valence-electron chi connectivity index (χ1n) is 6.62. The summed E-state index contributed by atoms with van der Waals surface area (Å²) in [4.78, 5) is 24.5. The molecule has 2 rings (SSSR count). The number of benzene rings is 1. The Labute approximate surface area is 113 Å². The molecule has 102 valence electrons. The van der Waals surface area contributed by atoms with E-state index in [-0.39, 0.29) is 5.91 Å². The lowest BCUT2D eigenvalue weighted by Gasteiger charge is -2.30. The van der Waals surface area contributed by atoms with Crippen LogP contribution in [0.15, 0.2) is 24.3 Å². The maximum atomic E-state index is 11.8. The van der Waals surface area contributed by atoms with Crippen LogP contribution in [0, 0.1) is 12.8 Å². The summed E-state index contributed by atoms with van der Waals surface area (Å²) in [6, 6.07) is 8.18. The maximum Gasteiger partial charge on any atom is 0.308 e. The third-order valence-corrected chi connectivity index (χ3v) is 3.60. The lowest BCUT2D eigenvalue weighted by Crippen LogP contribution is -2.43. The molecule has 1 aromatic rings. The molecule has 1 amide bonds. The van der Waals surface area contributed by atoms with Gasteiger partial charge in [0.05, 0.1) is 5.92 Å². The number of amides is 1. The highest BCUT2D eigenvalue weighted by molar-refractivity contribution is 5.80. The Morgan fingerprint density at radius 2 is 2.26 bits per heavy atom. The number of nitrogens with zero attached hydrogens (tertiary/aromatic N) is 1. The van der Waals surface area contributed by atoms with Crippen molar-refractivity contribution in [2.75, 3.05) is 13.1 Å². The Bertz CT molecular complexity index is 484. The molecule has 1 fully saturated rings. The van der Waals surface area contributed by atoms with Crippen molar-refractivity contribution in [2.24, 2.45) is 5.92 Å². The van der Waals surface area contributed by atoms with Gasteiger partial charge in [0.2, 0.25) is 5.91 Å². The van der Waals surface area contributed by atoms with Crippen molar-refractivity contribution < 1.29 is 14.7 Å². The van der Waals surface area contributed by atoms with Crippen LogP contribution in [0.25, 0.3) is 0 Å². The number of hydrogen-bond acceptors (Lipinski definition) is 2. The molecular formula is C15H19NO3. The monoisotopic (exact) mass is 261 g/mol. The minimum Gasteiger partial charge on any atom is -0.481 e. The molecule has 1 saturated heterocycles. The van der Waals surface area contributed by atoms with Crippen LogP contribution in [0.3, 0.4) is 0 Å². The highest BCUT2D eigenvalue weighted by Gasteiger charge is 2.29. The third kappa shape index (κ3) is 3.56. The van der Waals surface area contributed by atoms with E-state index in [0.29, 0.717) is 25.9 Å². The van der Waals surface area contributed by atoms with Crippen molar-refractivity contribution in [3.63, 3.8) is 0 Å². The number of aliphatic carboxylic acids is 1. The van der Waals surface area contributed by atoms with Gasteiger partial charge in [-0.05, 0) is 25.3 Å². The number of aryl methyl sites for hydroxylation is 1. The van der Waals surface area contributed by atoms with Gasteiger partial charge in [-0.2, -0.15) is 0 Å². The van der Waals surface area contributed by atoms with Crippen LogP contribution >= 0.6 is 0 Å². The average molecular weight is 261 g/mol. The van der Waals surface area contributed by atoms with Gasteiger partial charge >= 0.3 is 5.97 Å². The van der Waals surface area contributed by atoms with E-state index in [0.717, 1.165) is 6.42 Å². The summed E-state index contributed by atoms with van der Waals surface area (Å²) in [6.07, 6.45) is 1.60. The molecule has 1 unspecified atom stereocenters. The first-order valence-corrected chi connectivity index (χ1v) is 6.62. The Balaban J connectivity index is 1.94. The molecule has 0 saturated carbocycles. The number of carboxylic acids is 1. The molecule has 1 N–H and O–H groups in total. The molecule has 1 atom stereocenters. The van der Waals surface area contributed by atoms with Gasteiger partial charge < -0.3 is 10.0 Å². The second-order valence-electron chi connectivity index (χ2n) is 5.15. The number of piperidine rings is 1. The predicted molar refractivity (Wildman–Crippen MR) is 71.8 cm³/mol. The number of rotatable bonds is 4. The molecule has 1 aliphatic heterocycles. The van der Waals surface area contributed by atoms with Crippen molar-refractivity contribution in [3.8, 4) is 0 Å². The van der Waals surface area contributed by atoms with E-state index in [2.05, 4.69) is 6.07 Å². The second-order valence-corrected chi connectivity index (χ2v) is 5.15. The summed E-state index contributed by atoms with van der Waals surface area (Å²) in [5.41, 5.74) is 2.39. The van der Waals surface area contributed by atoms with E-state index in [1.54, 1.807) is 4.90 Å². The largest absolute Gasteiger partial charge is 0.481 e. The van der Waals surface area contributed by atoms with Crippen molar-refractivity contribution >= 4 is 11.9 Å². The van der Waals surface area contributed by atoms with Crippen molar-refractivity contribution in [3.05, 3.63) is 35.4 Å². The molecule has 19 heavy (non-hydrogen) atoms. The highest BCUT2D eigenvalue weighted by Crippen LogP contribution is 2.18. The second kappa shape index (κ2) is 5.87. The fourth-order valence-electron chi connectivity index (χ4n) is 2.46. The van der Waals surface area contributed by atoms with Crippen LogP contribution in [0.1, 0.15) is 24.0 Å². The van der Waals surface area contributed by atoms with Gasteiger partial charge in [-0.15, -0.1) is 0 Å². The van der Waals surface area contributed by atoms with Gasteiger partial charge in [-0.1, -0.05) is 29.8 Å². The Morgan fingerprint density at radius 1 is 1.47 bits per heavy atom. The highest BCUT2D eigenvalue weighted by atomic mass is 16.4. The van der Waals surface area contributed by atoms with Crippen LogP contribution < -0.4 is 0 Å². The Morgan fingerprint density at radius 3 is 2.95 bits per heavy atom. The zero-order valence-electron chi connectivity index (χ0n) is 11.1. The molecule has 0 spiro atoms. The summed E-state index contributed by atoms with van der Waals surface area (Å²) < 4.78 is 0. The lowest BCUT2D eigenvalue weighted by molar-refractivity contribution is -0.147. The Hall–Kier alpha value is -1.84. The van der Waals surface area contributed by atoms with E-state index >= 15 is 0 Å². The smallest absolute Gasteiger partial charge is 0.308 e. The van der Waals surface area contributed by atoms with Crippen LogP contribution in [-0.2, 0) is 16.0 Å². The summed E-state index contributed by atoms with van der Waals surface area (Å²) in [5, 5.41) is 9.03. The van der Waals surface area contributed by atoms with E-state index in [1.165, 1.54) is 11.1 Å². The minimum absolute atomic E-state index is 0.0742. The number of carbonyl (C=O) groups excluding carboxylic acids is 1. The molecule has 4 heteroatoms. The average Bonchev–Trinajstić information content (AvgIpc) is 2.37. The zero-order valence-corrected chi connectivity index (χ0v) is 11.1. The van der Waals surface area contributed by atoms with E-state index in [4.69, 9.17) is 5.11 Å². The van der Waals surface area contributed by atoms with Crippen molar-refractivity contribution in [2.45, 2.75) is 26.2 Å². The third-order valence-electron chi connectivity index (χ3n) is 3.60. The number of carboxylic acid groups (broad SMARTS) is 1. The molecular weight excluding hydrogens is 242 g/mol. The standard InChI is InChI=1S/C15H19NO3/c1-11-3-2-4-12(9-11)7-8-16-10-13(15(18)19)5-6-14(16)17/h2-4,9,13H,5-8,10H2,1H3,(H,18,19). The molecule has 0 radical (unpaired) electrons. The van der Waals surface area contributed by atoms with Gasteiger partial charge in [0.1, 0.15) is 0 Å². The summed E-state index contributed by atoms with van der Waals surface area (Å²) in [7, 11) is 0. The van der Waals surface area contributed by atoms with Gasteiger partial charge in [-0.3, -0.25) is 9.59 Å². The normalized spacial score (nSPS) is 19.5. The fourth-order valence-corrected chi connectivity index (χ4v) is 2.46. The maximum absolute atomic E-state index is 11.8. The van der Waals surface area contributed by atoms with Crippen molar-refractivity contribution in [1.82, 2.24) is 4.90 Å². The molecule has 1 aliphatic rings. The van der Waals surface area contributed by atoms with E-state index in [9.17, 15) is 9.59 Å². The van der Waals surface area contributed by atoms with Crippen LogP contribution in [0.2, 0.25) is 0 Å². The zero-order chi connectivity index (χ0) is 13.8. The first-order chi connectivity index (χ1) is 9.06. The van der Waals surface area contributed by atoms with E-state index < -0.39 is 11.9 Å². The van der Waals surface area contributed by atoms with Crippen LogP contribution in [0.4, 0.5) is 0 Å². The molecule has 1 aromatic carbocycles. The predicted octanol–water partition coefficient (Wildman–Crippen LogP) is 1.86. The van der Waals surface area contributed by atoms with Gasteiger partial charge in [-0.25, -0.2) is 0 Å². The summed E-state index contributed by atoms with van der Waals surface area (Å²) >= 11 is 0. The van der Waals surface area contributed by atoms with Gasteiger partial charge in [0.25, 0.3) is 0 Å². The minimum atomic E-state index is -0.798. The van der Waals surface area contributed by atoms with Crippen LogP contribution in [0.5, 0.6) is 0 Å². The first kappa shape index (κ1) is 13.6. The molecule has 0 aromatic heterocycles. The van der Waals surface area contributed by atoms with Crippen molar-refractivity contribution in [1.29, 1.82) is 0 Å². The number of carbonyl (C=O) groups is 2. The molecule has 0 aliphatic carbocycles. The quantitative estimate of drug-likeness (QED) is 0.900. The van der Waals surface area contributed by atoms with Gasteiger partial charge in [0.15, 0.2) is 0 Å². The molecule has 0 bridgehead atoms. The summed E-state index contributed by atoms with van der Waals surface area (Å²) in [5.74, 6) is -1.13. The topological polar surface area (TPSA) is 57.6 Å². The van der Waals surface area contributed by atoms with Gasteiger partial charge in [0, 0.05) is 19.5 Å². The number of hydrogen-bond donors (Lipinski definition) is 1. The summed E-state index contributed by atoms with van der Waals surface area (Å²) in [6.45, 7) is 2.99. The SMILES string of the molecule is Cc1cccc(CCN2CC(C(=O)O)CCC2=O)c1.